The van der Waals surface area contributed by atoms with Gasteiger partial charge in [-0.1, -0.05) is 11.3 Å². The van der Waals surface area contributed by atoms with Crippen LogP contribution in [0.1, 0.15) is 23.9 Å². The second kappa shape index (κ2) is 8.39. The minimum Gasteiger partial charge on any atom is -0.450 e. The summed E-state index contributed by atoms with van der Waals surface area (Å²) < 4.78 is 18.0. The van der Waals surface area contributed by atoms with Crippen LogP contribution in [0.3, 0.4) is 0 Å². The van der Waals surface area contributed by atoms with Crippen molar-refractivity contribution in [2.75, 3.05) is 29.9 Å². The number of benzene rings is 1. The molecule has 0 saturated carbocycles. The maximum Gasteiger partial charge on any atom is 0.413 e. The Bertz CT molecular complexity index is 978. The van der Waals surface area contributed by atoms with Crippen molar-refractivity contribution in [3.05, 3.63) is 40.7 Å². The van der Waals surface area contributed by atoms with Crippen LogP contribution in [0.15, 0.2) is 24.3 Å². The van der Waals surface area contributed by atoms with Crippen molar-refractivity contribution in [2.24, 2.45) is 5.92 Å². The normalized spacial score (nSPS) is 18.3. The quantitative estimate of drug-likeness (QED) is 0.802. The first kappa shape index (κ1) is 20.3. The molecule has 8 nitrogen and oxygen atoms in total. The van der Waals surface area contributed by atoms with E-state index in [2.05, 4.69) is 10.3 Å². The molecule has 0 radical (unpaired) electrons. The fourth-order valence-electron chi connectivity index (χ4n) is 3.69. The molecule has 4 rings (SSSR count). The molecule has 0 aliphatic carbocycles. The highest BCUT2D eigenvalue weighted by molar-refractivity contribution is 7.15. The number of hydrogen-bond donors (Lipinski definition) is 1. The van der Waals surface area contributed by atoms with Gasteiger partial charge in [0.2, 0.25) is 11.8 Å². The third-order valence-corrected chi connectivity index (χ3v) is 6.14. The van der Waals surface area contributed by atoms with Gasteiger partial charge in [0.05, 0.1) is 24.8 Å². The smallest absolute Gasteiger partial charge is 0.413 e. The summed E-state index contributed by atoms with van der Waals surface area (Å²) in [6.45, 7) is 3.19. The molecular weight excluding hydrogens is 411 g/mol. The Morgan fingerprint density at radius 1 is 1.33 bits per heavy atom. The van der Waals surface area contributed by atoms with Crippen LogP contribution in [0.4, 0.5) is 20.0 Å². The molecule has 1 aromatic heterocycles. The molecular formula is C20H21FN4O4S. The molecule has 1 N–H and O–H groups in total. The summed E-state index contributed by atoms with van der Waals surface area (Å²) in [5, 5.41) is 3.05. The van der Waals surface area contributed by atoms with E-state index in [1.165, 1.54) is 28.4 Å². The Morgan fingerprint density at radius 2 is 2.10 bits per heavy atom. The molecule has 3 heterocycles. The number of halogens is 1. The molecule has 3 amide bonds. The average Bonchev–Trinajstić information content (AvgIpc) is 3.30. The maximum atomic E-state index is 13.2. The molecule has 2 aromatic rings. The van der Waals surface area contributed by atoms with Gasteiger partial charge in [-0.3, -0.25) is 14.9 Å². The average molecular weight is 432 g/mol. The Morgan fingerprint density at radius 3 is 2.83 bits per heavy atom. The van der Waals surface area contributed by atoms with Crippen LogP contribution < -0.4 is 10.2 Å². The lowest BCUT2D eigenvalue weighted by molar-refractivity contribution is -0.136. The minimum absolute atomic E-state index is 0.0769. The predicted octanol–water partition coefficient (Wildman–Crippen LogP) is 2.79. The molecule has 1 aromatic carbocycles. The zero-order valence-corrected chi connectivity index (χ0v) is 17.2. The summed E-state index contributed by atoms with van der Waals surface area (Å²) in [4.78, 5) is 45.6. The van der Waals surface area contributed by atoms with E-state index >= 15 is 0 Å². The Kier molecular flexibility index (Phi) is 5.67. The number of amides is 3. The number of carbonyl (C=O) groups is 3. The fraction of sp³-hybridized carbons (Fsp3) is 0.400. The molecule has 1 saturated heterocycles. The zero-order valence-electron chi connectivity index (χ0n) is 16.4. The molecule has 10 heteroatoms. The number of ether oxygens (including phenoxy) is 1. The monoisotopic (exact) mass is 432 g/mol. The molecule has 158 valence electrons. The first-order valence-electron chi connectivity index (χ1n) is 9.71. The van der Waals surface area contributed by atoms with Crippen LogP contribution in [-0.2, 0) is 27.3 Å². The standard InChI is InChI=1S/C20H21FN4O4S/c1-2-29-20(28)23-19-22-15-7-8-24(11-16(15)30-19)18(27)12-9-17(26)25(10-12)14-5-3-13(21)4-6-14/h3-6,12H,2,7-11H2,1H3,(H,22,23,28). The molecule has 1 atom stereocenters. The number of anilines is 2. The first-order chi connectivity index (χ1) is 14.4. The molecule has 1 fully saturated rings. The van der Waals surface area contributed by atoms with E-state index in [0.29, 0.717) is 30.3 Å². The topological polar surface area (TPSA) is 91.8 Å². The van der Waals surface area contributed by atoms with Crippen molar-refractivity contribution in [3.63, 3.8) is 0 Å². The molecule has 0 spiro atoms. The van der Waals surface area contributed by atoms with Crippen molar-refractivity contribution in [3.8, 4) is 0 Å². The van der Waals surface area contributed by atoms with Gasteiger partial charge in [-0.25, -0.2) is 14.2 Å². The number of fused-ring (bicyclic) bond motifs is 1. The van der Waals surface area contributed by atoms with Gasteiger partial charge in [-0.2, -0.15) is 0 Å². The van der Waals surface area contributed by atoms with Gasteiger partial charge in [0.25, 0.3) is 0 Å². The molecule has 2 aliphatic heterocycles. The highest BCUT2D eigenvalue weighted by Crippen LogP contribution is 2.31. The van der Waals surface area contributed by atoms with Crippen LogP contribution in [0.2, 0.25) is 0 Å². The SMILES string of the molecule is CCOC(=O)Nc1nc2c(s1)CN(C(=O)C1CC(=O)N(c3ccc(F)cc3)C1)CC2. The van der Waals surface area contributed by atoms with Crippen molar-refractivity contribution >= 4 is 40.1 Å². The van der Waals surface area contributed by atoms with Crippen LogP contribution in [-0.4, -0.2) is 47.5 Å². The predicted molar refractivity (Wildman–Crippen MR) is 109 cm³/mol. The number of aromatic nitrogens is 1. The summed E-state index contributed by atoms with van der Waals surface area (Å²) >= 11 is 1.32. The number of nitrogens with one attached hydrogen (secondary N) is 1. The number of hydrogen-bond acceptors (Lipinski definition) is 6. The van der Waals surface area contributed by atoms with Gasteiger partial charge in [0.1, 0.15) is 5.82 Å². The van der Waals surface area contributed by atoms with Gasteiger partial charge in [0.15, 0.2) is 5.13 Å². The summed E-state index contributed by atoms with van der Waals surface area (Å²) in [7, 11) is 0. The van der Waals surface area contributed by atoms with E-state index in [1.807, 2.05) is 0 Å². The third-order valence-electron chi connectivity index (χ3n) is 5.14. The molecule has 1 unspecified atom stereocenters. The minimum atomic E-state index is -0.554. The number of carbonyl (C=O) groups excluding carboxylic acids is 3. The van der Waals surface area contributed by atoms with Gasteiger partial charge in [0, 0.05) is 36.5 Å². The van der Waals surface area contributed by atoms with E-state index in [0.717, 1.165) is 10.6 Å². The number of thiazole rings is 1. The summed E-state index contributed by atoms with van der Waals surface area (Å²) in [5.74, 6) is -1.03. The lowest BCUT2D eigenvalue weighted by Gasteiger charge is -2.28. The summed E-state index contributed by atoms with van der Waals surface area (Å²) in [5.41, 5.74) is 1.46. The maximum absolute atomic E-state index is 13.2. The fourth-order valence-corrected chi connectivity index (χ4v) is 4.70. The van der Waals surface area contributed by atoms with Gasteiger partial charge >= 0.3 is 6.09 Å². The molecule has 0 bridgehead atoms. The van der Waals surface area contributed by atoms with E-state index < -0.39 is 12.0 Å². The number of nitrogens with zero attached hydrogens (tertiary/aromatic N) is 3. The number of rotatable bonds is 4. The van der Waals surface area contributed by atoms with Crippen molar-refractivity contribution < 1.29 is 23.5 Å². The molecule has 30 heavy (non-hydrogen) atoms. The Labute approximate surface area is 176 Å². The molecule has 2 aliphatic rings. The highest BCUT2D eigenvalue weighted by Gasteiger charge is 2.38. The summed E-state index contributed by atoms with van der Waals surface area (Å²) in [6.07, 6.45) is 0.171. The van der Waals surface area contributed by atoms with Gasteiger partial charge in [-0.15, -0.1) is 0 Å². The lowest BCUT2D eigenvalue weighted by atomic mass is 10.1. The Balaban J connectivity index is 1.40. The van der Waals surface area contributed by atoms with Crippen LogP contribution in [0.5, 0.6) is 0 Å². The van der Waals surface area contributed by atoms with Crippen LogP contribution in [0, 0.1) is 11.7 Å². The van der Waals surface area contributed by atoms with E-state index in [4.69, 9.17) is 4.74 Å². The second-order valence-corrected chi connectivity index (χ2v) is 8.21. The van der Waals surface area contributed by atoms with Crippen molar-refractivity contribution in [2.45, 2.75) is 26.3 Å². The second-order valence-electron chi connectivity index (χ2n) is 7.13. The highest BCUT2D eigenvalue weighted by atomic mass is 32.1. The van der Waals surface area contributed by atoms with Crippen molar-refractivity contribution in [1.29, 1.82) is 0 Å². The van der Waals surface area contributed by atoms with Gasteiger partial charge in [-0.05, 0) is 31.2 Å². The van der Waals surface area contributed by atoms with Crippen LogP contribution >= 0.6 is 11.3 Å². The first-order valence-corrected chi connectivity index (χ1v) is 10.5. The van der Waals surface area contributed by atoms with Crippen molar-refractivity contribution in [1.82, 2.24) is 9.88 Å². The third kappa shape index (κ3) is 4.13. The zero-order chi connectivity index (χ0) is 21.3. The largest absolute Gasteiger partial charge is 0.450 e. The Hall–Kier alpha value is -3.01. The lowest BCUT2D eigenvalue weighted by Crippen LogP contribution is -2.40. The summed E-state index contributed by atoms with van der Waals surface area (Å²) in [6, 6.07) is 5.69. The van der Waals surface area contributed by atoms with E-state index in [9.17, 15) is 18.8 Å². The van der Waals surface area contributed by atoms with Gasteiger partial charge < -0.3 is 14.5 Å². The van der Waals surface area contributed by atoms with Crippen LogP contribution in [0.25, 0.3) is 0 Å². The van der Waals surface area contributed by atoms with E-state index in [-0.39, 0.29) is 37.2 Å². The van der Waals surface area contributed by atoms with E-state index in [1.54, 1.807) is 24.0 Å².